The highest BCUT2D eigenvalue weighted by Gasteiger charge is 2.18. The van der Waals surface area contributed by atoms with Gasteiger partial charge in [0.1, 0.15) is 5.75 Å². The lowest BCUT2D eigenvalue weighted by Crippen LogP contribution is -2.29. The maximum atomic E-state index is 12.5. The van der Waals surface area contributed by atoms with Crippen LogP contribution in [0.3, 0.4) is 0 Å². The molecule has 184 valence electrons. The predicted molar refractivity (Wildman–Crippen MR) is 144 cm³/mol. The summed E-state index contributed by atoms with van der Waals surface area (Å²) < 4.78 is 32.4. The van der Waals surface area contributed by atoms with Crippen molar-refractivity contribution in [1.29, 1.82) is 0 Å². The van der Waals surface area contributed by atoms with E-state index in [0.29, 0.717) is 30.0 Å². The van der Waals surface area contributed by atoms with Crippen LogP contribution in [0.4, 0.5) is 5.69 Å². The lowest BCUT2D eigenvalue weighted by atomic mass is 10.1. The fraction of sp³-hybridized carbons (Fsp3) is 0.138. The first-order chi connectivity index (χ1) is 17.3. The van der Waals surface area contributed by atoms with Crippen LogP contribution in [0, 0.1) is 0 Å². The highest BCUT2D eigenvalue weighted by Crippen LogP contribution is 2.26. The molecule has 1 N–H and O–H groups in total. The summed E-state index contributed by atoms with van der Waals surface area (Å²) in [4.78, 5) is 11.1. The molecule has 4 aromatic rings. The van der Waals surface area contributed by atoms with E-state index in [1.807, 2.05) is 18.2 Å². The van der Waals surface area contributed by atoms with Gasteiger partial charge in [-0.25, -0.2) is 13.2 Å². The van der Waals surface area contributed by atoms with Crippen molar-refractivity contribution < 1.29 is 23.1 Å². The molecule has 7 heteroatoms. The van der Waals surface area contributed by atoms with E-state index >= 15 is 0 Å². The number of hydrogen-bond donors (Lipinski definition) is 1. The lowest BCUT2D eigenvalue weighted by Gasteiger charge is -2.23. The summed E-state index contributed by atoms with van der Waals surface area (Å²) in [6, 6.07) is 28.6. The van der Waals surface area contributed by atoms with E-state index < -0.39 is 16.0 Å². The van der Waals surface area contributed by atoms with Gasteiger partial charge in [-0.2, -0.15) is 0 Å². The summed E-state index contributed by atoms with van der Waals surface area (Å²) in [5.41, 5.74) is 3.01. The Morgan fingerprint density at radius 2 is 1.58 bits per heavy atom. The minimum Gasteiger partial charge on any atom is -0.493 e. The second-order valence-electron chi connectivity index (χ2n) is 8.43. The van der Waals surface area contributed by atoms with Gasteiger partial charge in [0.25, 0.3) is 0 Å². The number of ether oxygens (including phenoxy) is 1. The average Bonchev–Trinajstić information content (AvgIpc) is 2.86. The smallest absolute Gasteiger partial charge is 0.328 e. The zero-order chi connectivity index (χ0) is 25.5. The van der Waals surface area contributed by atoms with Crippen molar-refractivity contribution in [2.45, 2.75) is 13.0 Å². The van der Waals surface area contributed by atoms with Crippen LogP contribution in [-0.2, 0) is 27.8 Å². The summed E-state index contributed by atoms with van der Waals surface area (Å²) >= 11 is 0. The van der Waals surface area contributed by atoms with E-state index in [-0.39, 0.29) is 6.54 Å². The first-order valence-corrected chi connectivity index (χ1v) is 13.3. The van der Waals surface area contributed by atoms with Crippen molar-refractivity contribution >= 4 is 38.5 Å². The predicted octanol–water partition coefficient (Wildman–Crippen LogP) is 5.53. The van der Waals surface area contributed by atoms with Crippen LogP contribution < -0.4 is 9.04 Å². The number of carboxylic acids is 1. The van der Waals surface area contributed by atoms with Crippen molar-refractivity contribution in [3.63, 3.8) is 0 Å². The van der Waals surface area contributed by atoms with Crippen molar-refractivity contribution in [3.05, 3.63) is 114 Å². The van der Waals surface area contributed by atoms with E-state index in [9.17, 15) is 13.2 Å². The molecule has 0 aromatic heterocycles. The molecule has 0 atom stereocenters. The third-order valence-electron chi connectivity index (χ3n) is 5.72. The molecule has 0 heterocycles. The van der Waals surface area contributed by atoms with Crippen LogP contribution in [0.1, 0.15) is 16.7 Å². The van der Waals surface area contributed by atoms with Crippen LogP contribution in [0.2, 0.25) is 0 Å². The van der Waals surface area contributed by atoms with Crippen molar-refractivity contribution in [2.24, 2.45) is 0 Å². The Balaban J connectivity index is 1.56. The molecule has 4 rings (SSSR count). The van der Waals surface area contributed by atoms with Crippen LogP contribution in [0.15, 0.2) is 97.1 Å². The lowest BCUT2D eigenvalue weighted by molar-refractivity contribution is -0.131. The minimum atomic E-state index is -3.53. The number of fused-ring (bicyclic) bond motifs is 1. The number of carbonyl (C=O) groups is 1. The molecule has 0 fully saturated rings. The van der Waals surface area contributed by atoms with E-state index in [0.717, 1.165) is 22.6 Å². The van der Waals surface area contributed by atoms with Gasteiger partial charge in [-0.3, -0.25) is 4.31 Å². The van der Waals surface area contributed by atoms with E-state index in [1.165, 1.54) is 22.0 Å². The number of para-hydroxylation sites is 1. The molecule has 4 aromatic carbocycles. The van der Waals surface area contributed by atoms with Gasteiger partial charge >= 0.3 is 5.97 Å². The van der Waals surface area contributed by atoms with Crippen LogP contribution in [-0.4, -0.2) is 32.4 Å². The zero-order valence-corrected chi connectivity index (χ0v) is 20.7. The van der Waals surface area contributed by atoms with Gasteiger partial charge < -0.3 is 9.84 Å². The van der Waals surface area contributed by atoms with Gasteiger partial charge in [0.05, 0.1) is 25.1 Å². The van der Waals surface area contributed by atoms with Gasteiger partial charge in [0.15, 0.2) is 0 Å². The van der Waals surface area contributed by atoms with Crippen molar-refractivity contribution in [2.75, 3.05) is 17.2 Å². The van der Waals surface area contributed by atoms with Gasteiger partial charge in [-0.05, 0) is 46.2 Å². The van der Waals surface area contributed by atoms with Crippen LogP contribution in [0.5, 0.6) is 5.75 Å². The Morgan fingerprint density at radius 1 is 0.889 bits per heavy atom. The summed E-state index contributed by atoms with van der Waals surface area (Å²) in [5.74, 6) is -0.569. The van der Waals surface area contributed by atoms with Gasteiger partial charge in [-0.1, -0.05) is 72.8 Å². The third-order valence-corrected chi connectivity index (χ3v) is 6.86. The summed E-state index contributed by atoms with van der Waals surface area (Å²) in [6.45, 7) is 0.497. The maximum Gasteiger partial charge on any atom is 0.328 e. The Morgan fingerprint density at radius 3 is 2.31 bits per heavy atom. The molecule has 0 bridgehead atoms. The second kappa shape index (κ2) is 11.1. The third kappa shape index (κ3) is 6.52. The molecule has 0 radical (unpaired) electrons. The zero-order valence-electron chi connectivity index (χ0n) is 19.9. The van der Waals surface area contributed by atoms with E-state index in [1.54, 1.807) is 42.5 Å². The summed E-state index contributed by atoms with van der Waals surface area (Å²) in [7, 11) is -3.53. The quantitative estimate of drug-likeness (QED) is 0.289. The summed E-state index contributed by atoms with van der Waals surface area (Å²) in [6.07, 6.45) is 4.36. The fourth-order valence-electron chi connectivity index (χ4n) is 3.93. The molecule has 0 unspecified atom stereocenters. The monoisotopic (exact) mass is 501 g/mol. The topological polar surface area (TPSA) is 83.9 Å². The number of nitrogens with zero attached hydrogens (tertiary/aromatic N) is 1. The first kappa shape index (κ1) is 25.0. The van der Waals surface area contributed by atoms with E-state index in [2.05, 4.69) is 30.3 Å². The molecule has 0 saturated carbocycles. The fourth-order valence-corrected chi connectivity index (χ4v) is 4.82. The van der Waals surface area contributed by atoms with Crippen LogP contribution >= 0.6 is 0 Å². The SMILES string of the molecule is CS(=O)(=O)N(Cc1ccc(/C=C/C(=O)O)c(OCCc2ccc3ccccc3c2)c1)c1ccccc1. The first-order valence-electron chi connectivity index (χ1n) is 11.5. The molecule has 36 heavy (non-hydrogen) atoms. The minimum absolute atomic E-state index is 0.118. The van der Waals surface area contributed by atoms with Crippen molar-refractivity contribution in [1.82, 2.24) is 0 Å². The molecule has 0 aliphatic rings. The normalized spacial score (nSPS) is 11.6. The number of carboxylic acid groups (broad SMARTS) is 1. The largest absolute Gasteiger partial charge is 0.493 e. The maximum absolute atomic E-state index is 12.5. The molecule has 0 amide bonds. The molecule has 0 aliphatic heterocycles. The average molecular weight is 502 g/mol. The number of sulfonamides is 1. The second-order valence-corrected chi connectivity index (χ2v) is 10.3. The standard InChI is InChI=1S/C29H27NO5S/c1-36(33,34)30(27-9-3-2-4-10-27)21-23-12-14-25(15-16-29(31)32)28(20-23)35-18-17-22-11-13-24-7-5-6-8-26(24)19-22/h2-16,19-20H,17-18,21H2,1H3,(H,31,32)/b16-15+. The molecular weight excluding hydrogens is 474 g/mol. The number of rotatable bonds is 10. The Labute approximate surface area is 211 Å². The highest BCUT2D eigenvalue weighted by atomic mass is 32.2. The molecule has 0 aliphatic carbocycles. The molecular formula is C29H27NO5S. The Kier molecular flexibility index (Phi) is 7.71. The summed E-state index contributed by atoms with van der Waals surface area (Å²) in [5, 5.41) is 11.4. The Bertz CT molecular complexity index is 1500. The molecule has 6 nitrogen and oxygen atoms in total. The van der Waals surface area contributed by atoms with Gasteiger partial charge in [0.2, 0.25) is 10.0 Å². The van der Waals surface area contributed by atoms with Crippen LogP contribution in [0.25, 0.3) is 16.8 Å². The number of benzene rings is 4. The van der Waals surface area contributed by atoms with E-state index in [4.69, 9.17) is 9.84 Å². The van der Waals surface area contributed by atoms with Gasteiger partial charge in [0, 0.05) is 18.1 Å². The molecule has 0 saturated heterocycles. The Hall–Kier alpha value is -4.10. The number of anilines is 1. The highest BCUT2D eigenvalue weighted by molar-refractivity contribution is 7.92. The van der Waals surface area contributed by atoms with Gasteiger partial charge in [-0.15, -0.1) is 0 Å². The number of hydrogen-bond acceptors (Lipinski definition) is 4. The van der Waals surface area contributed by atoms with Crippen molar-refractivity contribution in [3.8, 4) is 5.75 Å². The number of aliphatic carboxylic acids is 1. The molecule has 0 spiro atoms.